The van der Waals surface area contributed by atoms with Gasteiger partial charge in [-0.15, -0.1) is 15.7 Å². The predicted molar refractivity (Wildman–Crippen MR) is 385 cm³/mol. The number of aromatic nitrogens is 1. The Balaban J connectivity index is 1.14. The summed E-state index contributed by atoms with van der Waals surface area (Å²) in [6.45, 7) is 14.9. The lowest BCUT2D eigenvalue weighted by Crippen LogP contribution is -2.56. The minimum atomic E-state index is -1.94. The Morgan fingerprint density at radius 3 is 1.98 bits per heavy atom. The standard InChI is InChI=1S/C72H108FN13O17S/c1-14-47(6)63(55(99-12)42-59(91)86-30-18-21-54(86)64(100-13)48(7)66(93)79-53(69-75-29-40-104-69)41-50-19-16-15-17-20-50)82(10)60(92)44-77-68(95)62(46(4)5)83(11)72(98)103-65(70(96)84-34-32-81(9)33-35-84)51-22-24-52(25-23-51)78-58(90)43-76-67(94)61(45(2)3)80-57(89)27-36-101-38-39-102-37-28-74-56(88)26-31-85(49(8)87)71(73)97/h15-17,19-20,22-25,29,40,45-48,53-55,61-65H,14,18,21,26-28,30-39,41-44H2,1-13H3,(H,74,88)(H,76,94)(H,77,95)(H,78,90)(H,79,93)(H,80,89)/t47-,48+,53-,54-,55+,61?,62?,63-,64+,65?/m0/s1. The van der Waals surface area contributed by atoms with Crippen LogP contribution in [0.15, 0.2) is 66.2 Å². The maximum atomic E-state index is 14.6. The molecule has 2 fully saturated rings. The van der Waals surface area contributed by atoms with Gasteiger partial charge in [-0.05, 0) is 61.8 Å². The number of carbonyl (C=O) groups excluding carboxylic acids is 12. The van der Waals surface area contributed by atoms with Gasteiger partial charge in [0.15, 0.2) is 0 Å². The Kier molecular flexibility index (Phi) is 36.1. The molecule has 2 aliphatic rings. The third kappa shape index (κ3) is 26.5. The Labute approximate surface area is 613 Å². The van der Waals surface area contributed by atoms with Crippen LogP contribution in [-0.4, -0.2) is 263 Å². The average Bonchev–Trinajstić information content (AvgIpc) is 1.67. The number of nitrogens with one attached hydrogen (secondary N) is 6. The van der Waals surface area contributed by atoms with Crippen LogP contribution in [0, 0.1) is 23.7 Å². The lowest BCUT2D eigenvalue weighted by atomic mass is 9.90. The lowest BCUT2D eigenvalue weighted by Gasteiger charge is -2.39. The van der Waals surface area contributed by atoms with Crippen LogP contribution in [0.4, 0.5) is 19.7 Å². The van der Waals surface area contributed by atoms with Crippen molar-refractivity contribution in [3.63, 3.8) is 0 Å². The number of likely N-dealkylation sites (N-methyl/N-ethyl adjacent to an activating group) is 3. The first-order chi connectivity index (χ1) is 49.5. The summed E-state index contributed by atoms with van der Waals surface area (Å²) in [5.41, 5.74) is 1.56. The molecule has 32 heteroatoms. The van der Waals surface area contributed by atoms with Crippen LogP contribution in [0.2, 0.25) is 0 Å². The van der Waals surface area contributed by atoms with Crippen molar-refractivity contribution in [1.29, 1.82) is 0 Å². The van der Waals surface area contributed by atoms with Crippen LogP contribution in [-0.2, 0) is 78.1 Å². The molecule has 12 amide bonds. The van der Waals surface area contributed by atoms with Crippen molar-refractivity contribution < 1.29 is 85.6 Å². The second-order valence-corrected chi connectivity index (χ2v) is 27.8. The molecule has 0 bridgehead atoms. The summed E-state index contributed by atoms with van der Waals surface area (Å²) in [5, 5.41) is 19.0. The Hall–Kier alpha value is -8.56. The largest absolute Gasteiger partial charge is 0.431 e. The SMILES string of the molecule is CC[C@H](C)[C@@H]([C@@H](CC(=O)N1CCC[C@H]1[C@H](OC)[C@@H](C)C(=O)N[C@@H](Cc1ccccc1)c1nccs1)OC)N(C)C(=O)CNC(=O)C(C(C)C)N(C)C(=O)OC(C(=O)N1CCN(C)CC1)c1ccc(NC(=O)CNC(=O)C(NC(=O)CCOCCOCCNC(=O)CCN(C(C)=O)C(=O)F)C(C)C)cc1. The Bertz CT molecular complexity index is 3280. The smallest absolute Gasteiger partial charge is 0.411 e. The predicted octanol–water partition coefficient (Wildman–Crippen LogP) is 4.25. The van der Waals surface area contributed by atoms with Crippen LogP contribution in [0.5, 0.6) is 0 Å². The van der Waals surface area contributed by atoms with E-state index in [1.165, 1.54) is 54.7 Å². The van der Waals surface area contributed by atoms with Gasteiger partial charge in [-0.25, -0.2) is 14.6 Å². The van der Waals surface area contributed by atoms with E-state index in [1.807, 2.05) is 56.6 Å². The zero-order valence-electron chi connectivity index (χ0n) is 62.3. The molecule has 0 radical (unpaired) electrons. The number of halogens is 1. The first-order valence-electron chi connectivity index (χ1n) is 35.4. The molecule has 6 N–H and O–H groups in total. The molecule has 0 aliphatic carbocycles. The fourth-order valence-electron chi connectivity index (χ4n) is 12.6. The molecule has 1 aromatic heterocycles. The summed E-state index contributed by atoms with van der Waals surface area (Å²) < 4.78 is 41.9. The van der Waals surface area contributed by atoms with E-state index in [-0.39, 0.29) is 93.2 Å². The minimum Gasteiger partial charge on any atom is -0.431 e. The van der Waals surface area contributed by atoms with Gasteiger partial charge in [0.25, 0.3) is 5.91 Å². The number of ether oxygens (including phenoxy) is 5. The highest BCUT2D eigenvalue weighted by Gasteiger charge is 2.43. The van der Waals surface area contributed by atoms with Crippen molar-refractivity contribution in [3.05, 3.63) is 82.3 Å². The number of thiazole rings is 1. The molecule has 10 atom stereocenters. The van der Waals surface area contributed by atoms with E-state index in [0.29, 0.717) is 63.3 Å². The monoisotopic (exact) mass is 1480 g/mol. The number of likely N-dealkylation sites (tertiary alicyclic amines) is 1. The number of hydrogen-bond acceptors (Lipinski definition) is 20. The van der Waals surface area contributed by atoms with Gasteiger partial charge in [0, 0.05) is 117 Å². The molecular weight excluding hydrogens is 1370 g/mol. The minimum absolute atomic E-state index is 0.00593. The summed E-state index contributed by atoms with van der Waals surface area (Å²) in [5.74, 6) is -6.93. The van der Waals surface area contributed by atoms with Crippen molar-refractivity contribution >= 4 is 88.4 Å². The molecule has 104 heavy (non-hydrogen) atoms. The van der Waals surface area contributed by atoms with E-state index in [0.717, 1.165) is 22.4 Å². The van der Waals surface area contributed by atoms with Crippen molar-refractivity contribution in [2.24, 2.45) is 23.7 Å². The van der Waals surface area contributed by atoms with Gasteiger partial charge in [-0.1, -0.05) is 97.4 Å². The third-order valence-corrected chi connectivity index (χ3v) is 19.6. The van der Waals surface area contributed by atoms with E-state index in [2.05, 4.69) is 41.8 Å². The van der Waals surface area contributed by atoms with Crippen LogP contribution in [0.25, 0.3) is 0 Å². The van der Waals surface area contributed by atoms with Gasteiger partial charge in [0.2, 0.25) is 59.3 Å². The summed E-state index contributed by atoms with van der Waals surface area (Å²) in [6.07, 6.45) is -2.21. The van der Waals surface area contributed by atoms with Crippen molar-refractivity contribution in [1.82, 2.24) is 61.0 Å². The number of rotatable bonds is 41. The maximum absolute atomic E-state index is 14.6. The van der Waals surface area contributed by atoms with E-state index >= 15 is 0 Å². The molecule has 3 aromatic rings. The van der Waals surface area contributed by atoms with Crippen molar-refractivity contribution in [3.8, 4) is 0 Å². The van der Waals surface area contributed by atoms with Gasteiger partial charge in [-0.3, -0.25) is 57.7 Å². The molecule has 3 heterocycles. The number of piperazine rings is 1. The normalized spacial score (nSPS) is 16.5. The van der Waals surface area contributed by atoms with Gasteiger partial charge in [0.05, 0.1) is 82.2 Å². The van der Waals surface area contributed by atoms with E-state index in [9.17, 15) is 61.9 Å². The summed E-state index contributed by atoms with van der Waals surface area (Å²) in [4.78, 5) is 172. The van der Waals surface area contributed by atoms with Crippen molar-refractivity contribution in [2.45, 2.75) is 149 Å². The molecule has 0 saturated carbocycles. The van der Waals surface area contributed by atoms with E-state index in [4.69, 9.17) is 23.7 Å². The molecule has 5 rings (SSSR count). The molecule has 3 unspecified atom stereocenters. The number of benzene rings is 2. The van der Waals surface area contributed by atoms with Gasteiger partial charge < -0.3 is 75.2 Å². The highest BCUT2D eigenvalue weighted by molar-refractivity contribution is 7.09. The quantitative estimate of drug-likeness (QED) is 0.0263. The summed E-state index contributed by atoms with van der Waals surface area (Å²) in [7, 11) is 7.91. The van der Waals surface area contributed by atoms with Crippen LogP contribution in [0.1, 0.15) is 122 Å². The molecule has 30 nitrogen and oxygen atoms in total. The summed E-state index contributed by atoms with van der Waals surface area (Å²) in [6, 6.07) is 12.2. The fraction of sp³-hybridized carbons (Fsp3) is 0.625. The number of imide groups is 1. The van der Waals surface area contributed by atoms with Crippen LogP contribution >= 0.6 is 11.3 Å². The number of hydrogen-bond donors (Lipinski definition) is 6. The van der Waals surface area contributed by atoms with E-state index in [1.54, 1.807) is 64.8 Å². The Morgan fingerprint density at radius 2 is 1.38 bits per heavy atom. The molecule has 0 spiro atoms. The molecule has 2 saturated heterocycles. The third-order valence-electron chi connectivity index (χ3n) is 18.7. The second kappa shape index (κ2) is 43.7. The first-order valence-corrected chi connectivity index (χ1v) is 36.3. The maximum Gasteiger partial charge on any atom is 0.411 e. The highest BCUT2D eigenvalue weighted by atomic mass is 32.1. The lowest BCUT2D eigenvalue weighted by molar-refractivity contribution is -0.146. The number of amides is 12. The van der Waals surface area contributed by atoms with E-state index < -0.39 is 133 Å². The first kappa shape index (κ1) is 86.1. The zero-order chi connectivity index (χ0) is 76.7. The fourth-order valence-corrected chi connectivity index (χ4v) is 13.3. The number of methoxy groups -OCH3 is 2. The second-order valence-electron chi connectivity index (χ2n) is 26.9. The van der Waals surface area contributed by atoms with Crippen molar-refractivity contribution in [2.75, 3.05) is 126 Å². The van der Waals surface area contributed by atoms with Crippen LogP contribution in [0.3, 0.4) is 0 Å². The topological polar surface area (TPSA) is 356 Å². The van der Waals surface area contributed by atoms with Gasteiger partial charge >= 0.3 is 12.3 Å². The highest BCUT2D eigenvalue weighted by Crippen LogP contribution is 2.31. The zero-order valence-corrected chi connectivity index (χ0v) is 63.1. The van der Waals surface area contributed by atoms with Gasteiger partial charge in [-0.2, -0.15) is 0 Å². The molecule has 2 aliphatic heterocycles. The Morgan fingerprint density at radius 1 is 0.721 bits per heavy atom. The number of anilines is 1. The number of carbonyl (C=O) groups is 12. The summed E-state index contributed by atoms with van der Waals surface area (Å²) >= 11 is 1.46. The van der Waals surface area contributed by atoms with Gasteiger partial charge in [0.1, 0.15) is 17.1 Å². The molecule has 576 valence electrons. The molecule has 2 aromatic carbocycles. The molecular formula is C72H108FN13O17S. The van der Waals surface area contributed by atoms with Crippen LogP contribution < -0.4 is 31.9 Å². The number of nitrogens with zero attached hydrogens (tertiary/aromatic N) is 7. The average molecular weight is 1480 g/mol.